The van der Waals surface area contributed by atoms with E-state index in [0.717, 1.165) is 11.3 Å². The third kappa shape index (κ3) is 2.30. The average molecular weight is 320 g/mol. The fourth-order valence-corrected chi connectivity index (χ4v) is 2.83. The van der Waals surface area contributed by atoms with Crippen molar-refractivity contribution in [2.75, 3.05) is 0 Å². The molecule has 0 atom stereocenters. The molecule has 0 unspecified atom stereocenters. The molecule has 0 spiro atoms. The van der Waals surface area contributed by atoms with Crippen LogP contribution in [0.5, 0.6) is 0 Å². The van der Waals surface area contributed by atoms with Crippen molar-refractivity contribution in [3.8, 4) is 5.69 Å². The number of aryl methyl sites for hydroxylation is 2. The van der Waals surface area contributed by atoms with Crippen LogP contribution < -0.4 is 0 Å². The summed E-state index contributed by atoms with van der Waals surface area (Å²) in [5.41, 5.74) is 3.50. The van der Waals surface area contributed by atoms with E-state index in [-0.39, 0.29) is 10.6 Å². The molecule has 4 nitrogen and oxygen atoms in total. The summed E-state index contributed by atoms with van der Waals surface area (Å²) >= 11 is 11.8. The molecule has 0 bridgehead atoms. The molecule has 2 aromatic heterocycles. The maximum Gasteiger partial charge on any atom is 0.255 e. The van der Waals surface area contributed by atoms with E-state index < -0.39 is 5.24 Å². The Kier molecular flexibility index (Phi) is 3.43. The number of hydrogen-bond donors (Lipinski definition) is 0. The van der Waals surface area contributed by atoms with Gasteiger partial charge in [0.05, 0.1) is 27.4 Å². The standard InChI is InChI=1S/C15H11Cl2N3O/c1-8-4-3-5-10(6-8)20-15-12(9(2)19-20)13(16)11(7-18-15)14(17)21/h3-7H,1-2H3. The monoisotopic (exact) mass is 319 g/mol. The van der Waals surface area contributed by atoms with Gasteiger partial charge in [0.15, 0.2) is 5.65 Å². The molecule has 0 aliphatic heterocycles. The minimum atomic E-state index is -0.628. The number of hydrogen-bond acceptors (Lipinski definition) is 3. The van der Waals surface area contributed by atoms with E-state index in [1.165, 1.54) is 6.20 Å². The maximum atomic E-state index is 11.4. The average Bonchev–Trinajstić information content (AvgIpc) is 2.77. The molecule has 0 N–H and O–H groups in total. The lowest BCUT2D eigenvalue weighted by atomic mass is 10.2. The number of rotatable bonds is 2. The van der Waals surface area contributed by atoms with E-state index in [4.69, 9.17) is 23.2 Å². The van der Waals surface area contributed by atoms with E-state index in [1.807, 2.05) is 38.1 Å². The number of pyridine rings is 1. The van der Waals surface area contributed by atoms with Crippen LogP contribution in [0, 0.1) is 13.8 Å². The van der Waals surface area contributed by atoms with Crippen LogP contribution in [-0.4, -0.2) is 20.0 Å². The summed E-state index contributed by atoms with van der Waals surface area (Å²) in [6.07, 6.45) is 1.38. The van der Waals surface area contributed by atoms with Gasteiger partial charge in [-0.3, -0.25) is 4.79 Å². The van der Waals surface area contributed by atoms with Gasteiger partial charge >= 0.3 is 0 Å². The van der Waals surface area contributed by atoms with Crippen LogP contribution in [0.25, 0.3) is 16.7 Å². The molecule has 0 saturated carbocycles. The Morgan fingerprint density at radius 1 is 1.29 bits per heavy atom. The lowest BCUT2D eigenvalue weighted by Gasteiger charge is -2.05. The Hall–Kier alpha value is -1.91. The van der Waals surface area contributed by atoms with Crippen molar-refractivity contribution in [2.45, 2.75) is 13.8 Å². The lowest BCUT2D eigenvalue weighted by molar-refractivity contribution is 0.108. The van der Waals surface area contributed by atoms with Crippen LogP contribution in [0.15, 0.2) is 30.5 Å². The van der Waals surface area contributed by atoms with E-state index in [0.29, 0.717) is 16.7 Å². The Balaban J connectivity index is 2.33. The zero-order valence-electron chi connectivity index (χ0n) is 11.4. The third-order valence-corrected chi connectivity index (χ3v) is 3.86. The van der Waals surface area contributed by atoms with Crippen molar-refractivity contribution in [1.29, 1.82) is 0 Å². The van der Waals surface area contributed by atoms with Gasteiger partial charge in [-0.15, -0.1) is 0 Å². The van der Waals surface area contributed by atoms with Crippen molar-refractivity contribution < 1.29 is 4.79 Å². The second-order valence-electron chi connectivity index (χ2n) is 4.79. The van der Waals surface area contributed by atoms with Gasteiger partial charge < -0.3 is 0 Å². The Morgan fingerprint density at radius 3 is 2.71 bits per heavy atom. The molecule has 0 radical (unpaired) electrons. The van der Waals surface area contributed by atoms with Crippen molar-refractivity contribution in [1.82, 2.24) is 14.8 Å². The third-order valence-electron chi connectivity index (χ3n) is 3.27. The molecule has 1 aromatic carbocycles. The van der Waals surface area contributed by atoms with Crippen molar-refractivity contribution in [2.24, 2.45) is 0 Å². The number of aromatic nitrogens is 3. The minimum absolute atomic E-state index is 0.192. The maximum absolute atomic E-state index is 11.4. The quantitative estimate of drug-likeness (QED) is 0.669. The fraction of sp³-hybridized carbons (Fsp3) is 0.133. The normalized spacial score (nSPS) is 11.0. The highest BCUT2D eigenvalue weighted by Crippen LogP contribution is 2.30. The Morgan fingerprint density at radius 2 is 2.05 bits per heavy atom. The Bertz CT molecular complexity index is 871. The zero-order chi connectivity index (χ0) is 15.1. The molecule has 0 fully saturated rings. The molecule has 0 aliphatic carbocycles. The van der Waals surface area contributed by atoms with Gasteiger partial charge in [0.25, 0.3) is 5.24 Å². The van der Waals surface area contributed by atoms with Crippen LogP contribution in [0.2, 0.25) is 5.02 Å². The SMILES string of the molecule is Cc1cccc(-n2nc(C)c3c(Cl)c(C(=O)Cl)cnc32)c1. The zero-order valence-corrected chi connectivity index (χ0v) is 12.9. The summed E-state index contributed by atoms with van der Waals surface area (Å²) in [6, 6.07) is 7.90. The number of halogens is 2. The minimum Gasteiger partial charge on any atom is -0.275 e. The highest BCUT2D eigenvalue weighted by molar-refractivity contribution is 6.69. The summed E-state index contributed by atoms with van der Waals surface area (Å²) in [4.78, 5) is 15.7. The molecule has 106 valence electrons. The molecule has 0 aliphatic rings. The van der Waals surface area contributed by atoms with E-state index in [9.17, 15) is 4.79 Å². The first-order valence-electron chi connectivity index (χ1n) is 6.29. The highest BCUT2D eigenvalue weighted by Gasteiger charge is 2.18. The Labute approximate surface area is 131 Å². The molecule has 21 heavy (non-hydrogen) atoms. The summed E-state index contributed by atoms with van der Waals surface area (Å²) in [5.74, 6) is 0. The van der Waals surface area contributed by atoms with E-state index >= 15 is 0 Å². The van der Waals surface area contributed by atoms with Gasteiger partial charge in [-0.05, 0) is 43.1 Å². The van der Waals surface area contributed by atoms with Crippen molar-refractivity contribution in [3.63, 3.8) is 0 Å². The first-order chi connectivity index (χ1) is 9.99. The second kappa shape index (κ2) is 5.13. The first kappa shape index (κ1) is 14.0. The smallest absolute Gasteiger partial charge is 0.255 e. The van der Waals surface area contributed by atoms with Gasteiger partial charge in [-0.25, -0.2) is 9.67 Å². The molecular weight excluding hydrogens is 309 g/mol. The first-order valence-corrected chi connectivity index (χ1v) is 7.05. The van der Waals surface area contributed by atoms with Gasteiger partial charge in [0.2, 0.25) is 0 Å². The predicted octanol–water partition coefficient (Wildman–Crippen LogP) is 4.07. The van der Waals surface area contributed by atoms with Crippen LogP contribution in [0.4, 0.5) is 0 Å². The number of benzene rings is 1. The van der Waals surface area contributed by atoms with Gasteiger partial charge in [-0.1, -0.05) is 23.7 Å². The largest absolute Gasteiger partial charge is 0.275 e. The topological polar surface area (TPSA) is 47.8 Å². The summed E-state index contributed by atoms with van der Waals surface area (Å²) in [5, 5.41) is 4.78. The summed E-state index contributed by atoms with van der Waals surface area (Å²) in [7, 11) is 0. The van der Waals surface area contributed by atoms with Crippen molar-refractivity contribution in [3.05, 3.63) is 52.3 Å². The van der Waals surface area contributed by atoms with Crippen LogP contribution in [0.3, 0.4) is 0 Å². The number of carbonyl (C=O) groups excluding carboxylic acids is 1. The van der Waals surface area contributed by atoms with E-state index in [1.54, 1.807) is 4.68 Å². The van der Waals surface area contributed by atoms with Crippen LogP contribution >= 0.6 is 23.2 Å². The molecule has 2 heterocycles. The predicted molar refractivity (Wildman–Crippen MR) is 83.5 cm³/mol. The van der Waals surface area contributed by atoms with Crippen molar-refractivity contribution >= 4 is 39.5 Å². The fourth-order valence-electron chi connectivity index (χ4n) is 2.29. The van der Waals surface area contributed by atoms with Gasteiger partial charge in [-0.2, -0.15) is 5.10 Å². The summed E-state index contributed by atoms with van der Waals surface area (Å²) in [6.45, 7) is 3.83. The molecular formula is C15H11Cl2N3O. The number of fused-ring (bicyclic) bond motifs is 1. The highest BCUT2D eigenvalue weighted by atomic mass is 35.5. The molecule has 0 amide bonds. The lowest BCUT2D eigenvalue weighted by Crippen LogP contribution is -1.99. The van der Waals surface area contributed by atoms with Gasteiger partial charge in [0.1, 0.15) is 0 Å². The summed E-state index contributed by atoms with van der Waals surface area (Å²) < 4.78 is 1.71. The number of carbonyl (C=O) groups is 1. The van der Waals surface area contributed by atoms with E-state index in [2.05, 4.69) is 10.1 Å². The second-order valence-corrected chi connectivity index (χ2v) is 5.52. The molecule has 3 aromatic rings. The number of nitrogens with zero attached hydrogens (tertiary/aromatic N) is 3. The molecule has 0 saturated heterocycles. The molecule has 3 rings (SSSR count). The van der Waals surface area contributed by atoms with Gasteiger partial charge in [0, 0.05) is 6.20 Å². The molecule has 6 heteroatoms. The van der Waals surface area contributed by atoms with Crippen LogP contribution in [0.1, 0.15) is 21.6 Å². The van der Waals surface area contributed by atoms with Crippen LogP contribution in [-0.2, 0) is 0 Å².